The van der Waals surface area contributed by atoms with E-state index in [0.717, 1.165) is 18.4 Å². The third-order valence-corrected chi connectivity index (χ3v) is 6.21. The maximum atomic E-state index is 12.9. The molecule has 2 amide bonds. The number of nitrogen functional groups attached to an aromatic ring is 1. The zero-order chi connectivity index (χ0) is 21.3. The summed E-state index contributed by atoms with van der Waals surface area (Å²) in [5.74, 6) is -0.202. The van der Waals surface area contributed by atoms with Gasteiger partial charge in [0.25, 0.3) is 0 Å². The van der Waals surface area contributed by atoms with Crippen molar-refractivity contribution in [2.45, 2.75) is 37.9 Å². The van der Waals surface area contributed by atoms with Crippen molar-refractivity contribution in [3.63, 3.8) is 0 Å². The van der Waals surface area contributed by atoms with E-state index in [1.807, 2.05) is 24.3 Å². The van der Waals surface area contributed by atoms with E-state index in [1.54, 1.807) is 17.0 Å². The van der Waals surface area contributed by atoms with E-state index >= 15 is 0 Å². The number of rotatable bonds is 6. The second kappa shape index (κ2) is 8.28. The van der Waals surface area contributed by atoms with Crippen LogP contribution in [0.5, 0.6) is 0 Å². The Morgan fingerprint density at radius 3 is 2.27 bits per heavy atom. The van der Waals surface area contributed by atoms with Crippen molar-refractivity contribution in [3.8, 4) is 0 Å². The summed E-state index contributed by atoms with van der Waals surface area (Å²) in [4.78, 5) is 27.2. The van der Waals surface area contributed by atoms with Crippen LogP contribution in [0.4, 0.5) is 0 Å². The molecule has 0 radical (unpaired) electrons. The summed E-state index contributed by atoms with van der Waals surface area (Å²) in [6.45, 7) is 0.928. The fourth-order valence-corrected chi connectivity index (χ4v) is 4.27. The highest BCUT2D eigenvalue weighted by Crippen LogP contribution is 2.30. The number of fused-ring (bicyclic) bond motifs is 1. The van der Waals surface area contributed by atoms with Gasteiger partial charge in [-0.15, -0.1) is 0 Å². The molecule has 30 heavy (non-hydrogen) atoms. The Hall–Kier alpha value is -3.19. The first kappa shape index (κ1) is 20.1. The maximum absolute atomic E-state index is 12.9. The molecule has 2 aromatic carbocycles. The number of benzene rings is 2. The van der Waals surface area contributed by atoms with Crippen LogP contribution < -0.4 is 16.8 Å². The molecule has 1 aliphatic heterocycles. The van der Waals surface area contributed by atoms with Crippen LogP contribution in [-0.2, 0) is 29.0 Å². The smallest absolute Gasteiger partial charge is 0.243 e. The lowest BCUT2D eigenvalue weighted by atomic mass is 9.93. The lowest BCUT2D eigenvalue weighted by molar-refractivity contribution is -0.149. The van der Waals surface area contributed by atoms with Gasteiger partial charge in [0.1, 0.15) is 11.9 Å². The molecule has 7 nitrogen and oxygen atoms in total. The number of amides is 2. The van der Waals surface area contributed by atoms with Gasteiger partial charge in [0.05, 0.1) is 6.04 Å². The van der Waals surface area contributed by atoms with Crippen LogP contribution in [0.1, 0.15) is 28.7 Å². The first-order chi connectivity index (χ1) is 14.4. The Labute approximate surface area is 175 Å². The topological polar surface area (TPSA) is 125 Å². The number of nitrogens with two attached hydrogens (primary N) is 2. The molecule has 1 heterocycles. The summed E-state index contributed by atoms with van der Waals surface area (Å²) in [6.07, 6.45) is 2.27. The first-order valence-corrected chi connectivity index (χ1v) is 10.3. The number of nitrogens with one attached hydrogen (secondary N) is 2. The van der Waals surface area contributed by atoms with Gasteiger partial charge in [0.2, 0.25) is 11.8 Å². The van der Waals surface area contributed by atoms with Crippen molar-refractivity contribution in [1.29, 1.82) is 5.41 Å². The minimum atomic E-state index is -0.591. The molecule has 0 spiro atoms. The van der Waals surface area contributed by atoms with E-state index in [4.69, 9.17) is 16.9 Å². The molecule has 7 heteroatoms. The highest BCUT2D eigenvalue weighted by atomic mass is 16.2. The molecule has 1 fully saturated rings. The molecule has 0 saturated carbocycles. The minimum Gasteiger partial charge on any atom is -0.384 e. The fourth-order valence-electron chi connectivity index (χ4n) is 4.27. The standard InChI is InChI=1S/C23H27N5O2/c24-20(18-11-16-3-1-2-4-17(16)12-18)23(30)28-10-9-19(28)22(29)27-13-14-5-7-15(8-6-14)21(25)26/h1-8,18-20H,9-13,24H2,(H3,25,26)(H,27,29)/t19-,20+/m0/s1. The molecule has 0 bridgehead atoms. The van der Waals surface area contributed by atoms with Crippen LogP contribution in [-0.4, -0.2) is 41.2 Å². The average molecular weight is 406 g/mol. The molecule has 6 N–H and O–H groups in total. The summed E-state index contributed by atoms with van der Waals surface area (Å²) in [5, 5.41) is 10.3. The molecule has 0 unspecified atom stereocenters. The summed E-state index contributed by atoms with van der Waals surface area (Å²) in [6, 6.07) is 14.3. The number of carbonyl (C=O) groups is 2. The molecule has 1 saturated heterocycles. The lowest BCUT2D eigenvalue weighted by Gasteiger charge is -2.41. The van der Waals surface area contributed by atoms with Gasteiger partial charge in [-0.05, 0) is 41.9 Å². The van der Waals surface area contributed by atoms with E-state index in [9.17, 15) is 9.59 Å². The Morgan fingerprint density at radius 1 is 1.10 bits per heavy atom. The van der Waals surface area contributed by atoms with Crippen molar-refractivity contribution in [1.82, 2.24) is 10.2 Å². The van der Waals surface area contributed by atoms with Gasteiger partial charge >= 0.3 is 0 Å². The van der Waals surface area contributed by atoms with Crippen LogP contribution in [0.3, 0.4) is 0 Å². The Balaban J connectivity index is 1.31. The molecule has 1 aliphatic carbocycles. The van der Waals surface area contributed by atoms with Gasteiger partial charge in [-0.3, -0.25) is 15.0 Å². The average Bonchev–Trinajstić information content (AvgIpc) is 3.15. The summed E-state index contributed by atoms with van der Waals surface area (Å²) < 4.78 is 0. The van der Waals surface area contributed by atoms with Crippen LogP contribution in [0, 0.1) is 11.3 Å². The summed E-state index contributed by atoms with van der Waals surface area (Å²) in [5.41, 5.74) is 15.9. The van der Waals surface area contributed by atoms with Crippen molar-refractivity contribution in [3.05, 3.63) is 70.8 Å². The van der Waals surface area contributed by atoms with Gasteiger partial charge in [-0.25, -0.2) is 0 Å². The lowest BCUT2D eigenvalue weighted by Crippen LogP contribution is -2.62. The fraction of sp³-hybridized carbons (Fsp3) is 0.348. The number of amidine groups is 1. The Bertz CT molecular complexity index is 947. The van der Waals surface area contributed by atoms with Gasteiger partial charge in [0, 0.05) is 18.7 Å². The zero-order valence-corrected chi connectivity index (χ0v) is 16.8. The second-order valence-corrected chi connectivity index (χ2v) is 8.13. The SMILES string of the molecule is N=C(N)c1ccc(CNC(=O)[C@@H]2CCN2C(=O)[C@H](N)C2Cc3ccccc3C2)cc1. The van der Waals surface area contributed by atoms with Crippen molar-refractivity contribution in [2.75, 3.05) is 6.54 Å². The van der Waals surface area contributed by atoms with E-state index in [-0.39, 0.29) is 23.6 Å². The highest BCUT2D eigenvalue weighted by Gasteiger charge is 2.41. The number of hydrogen-bond acceptors (Lipinski definition) is 4. The Morgan fingerprint density at radius 2 is 1.73 bits per heavy atom. The third kappa shape index (κ3) is 3.93. The summed E-state index contributed by atoms with van der Waals surface area (Å²) in [7, 11) is 0. The second-order valence-electron chi connectivity index (χ2n) is 8.13. The quantitative estimate of drug-likeness (QED) is 0.421. The normalized spacial score (nSPS) is 19.0. The first-order valence-electron chi connectivity index (χ1n) is 10.3. The van der Waals surface area contributed by atoms with Gasteiger partial charge in [-0.2, -0.15) is 0 Å². The number of carbonyl (C=O) groups excluding carboxylic acids is 2. The number of hydrogen-bond donors (Lipinski definition) is 4. The molecule has 0 aromatic heterocycles. The molecule has 4 rings (SSSR count). The van der Waals surface area contributed by atoms with Gasteiger partial charge in [0.15, 0.2) is 0 Å². The van der Waals surface area contributed by atoms with Crippen LogP contribution >= 0.6 is 0 Å². The van der Waals surface area contributed by atoms with E-state index in [2.05, 4.69) is 17.4 Å². The Kier molecular flexibility index (Phi) is 5.55. The van der Waals surface area contributed by atoms with Crippen molar-refractivity contribution < 1.29 is 9.59 Å². The van der Waals surface area contributed by atoms with Gasteiger partial charge < -0.3 is 21.7 Å². The monoisotopic (exact) mass is 405 g/mol. The third-order valence-electron chi connectivity index (χ3n) is 6.21. The van der Waals surface area contributed by atoms with Gasteiger partial charge in [-0.1, -0.05) is 48.5 Å². The molecule has 2 aliphatic rings. The largest absolute Gasteiger partial charge is 0.384 e. The van der Waals surface area contributed by atoms with Crippen LogP contribution in [0.15, 0.2) is 48.5 Å². The molecule has 2 atom stereocenters. The predicted octanol–water partition coefficient (Wildman–Crippen LogP) is 0.930. The van der Waals surface area contributed by atoms with Crippen molar-refractivity contribution >= 4 is 17.6 Å². The predicted molar refractivity (Wildman–Crippen MR) is 115 cm³/mol. The van der Waals surface area contributed by atoms with Crippen molar-refractivity contribution in [2.24, 2.45) is 17.4 Å². The van der Waals surface area contributed by atoms with E-state index in [1.165, 1.54) is 11.1 Å². The summed E-state index contributed by atoms with van der Waals surface area (Å²) >= 11 is 0. The minimum absolute atomic E-state index is 0.0101. The van der Waals surface area contributed by atoms with E-state index in [0.29, 0.717) is 25.1 Å². The van der Waals surface area contributed by atoms with E-state index < -0.39 is 12.1 Å². The maximum Gasteiger partial charge on any atom is 0.243 e. The molecular weight excluding hydrogens is 378 g/mol. The molecule has 2 aromatic rings. The number of nitrogens with zero attached hydrogens (tertiary/aromatic N) is 1. The van der Waals surface area contributed by atoms with Crippen LogP contribution in [0.25, 0.3) is 0 Å². The number of likely N-dealkylation sites (tertiary alicyclic amines) is 1. The molecular formula is C23H27N5O2. The van der Waals surface area contributed by atoms with Crippen LogP contribution in [0.2, 0.25) is 0 Å². The highest BCUT2D eigenvalue weighted by molar-refractivity contribution is 5.95. The molecule has 156 valence electrons. The zero-order valence-electron chi connectivity index (χ0n) is 16.8.